The Bertz CT molecular complexity index is 285. The van der Waals surface area contributed by atoms with Gasteiger partial charge >= 0.3 is 0 Å². The van der Waals surface area contributed by atoms with Gasteiger partial charge < -0.3 is 5.32 Å². The highest BCUT2D eigenvalue weighted by atomic mass is 14.9. The van der Waals surface area contributed by atoms with E-state index in [0.717, 1.165) is 6.54 Å². The van der Waals surface area contributed by atoms with Crippen LogP contribution in [0.25, 0.3) is 0 Å². The molecule has 1 aliphatic heterocycles. The van der Waals surface area contributed by atoms with Gasteiger partial charge in [0.1, 0.15) is 0 Å². The molecule has 12 heavy (non-hydrogen) atoms. The van der Waals surface area contributed by atoms with Gasteiger partial charge in [0, 0.05) is 17.9 Å². The smallest absolute Gasteiger partial charge is 0.0351 e. The Balaban J connectivity index is 2.09. The van der Waals surface area contributed by atoms with E-state index >= 15 is 0 Å². The fourth-order valence-corrected chi connectivity index (χ4v) is 2.45. The zero-order valence-corrected chi connectivity index (χ0v) is 7.03. The molecule has 1 N–H and O–H groups in total. The van der Waals surface area contributed by atoms with Crippen LogP contribution in [-0.2, 0) is 0 Å². The van der Waals surface area contributed by atoms with Crippen LogP contribution in [0.4, 0.5) is 0 Å². The predicted octanol–water partition coefficient (Wildman–Crippen LogP) is 1.65. The maximum atomic E-state index is 3.54. The minimum Gasteiger partial charge on any atom is -0.309 e. The molecule has 0 saturated carbocycles. The van der Waals surface area contributed by atoms with E-state index < -0.39 is 0 Å². The first-order valence-corrected chi connectivity index (χ1v) is 4.74. The van der Waals surface area contributed by atoms with Crippen molar-refractivity contribution in [3.8, 4) is 0 Å². The summed E-state index contributed by atoms with van der Waals surface area (Å²) in [6, 6.07) is 0.578. The van der Waals surface area contributed by atoms with Gasteiger partial charge in [0.15, 0.2) is 0 Å². The van der Waals surface area contributed by atoms with Crippen molar-refractivity contribution in [2.24, 2.45) is 11.8 Å². The molecule has 0 radical (unpaired) electrons. The second-order valence-electron chi connectivity index (χ2n) is 3.84. The van der Waals surface area contributed by atoms with Crippen molar-refractivity contribution in [3.63, 3.8) is 0 Å². The first-order valence-electron chi connectivity index (χ1n) is 4.74. The molecule has 1 nitrogen and oxygen atoms in total. The van der Waals surface area contributed by atoms with Gasteiger partial charge in [0.05, 0.1) is 0 Å². The van der Waals surface area contributed by atoms with Gasteiger partial charge in [-0.25, -0.2) is 0 Å². The van der Waals surface area contributed by atoms with Gasteiger partial charge in [-0.1, -0.05) is 36.0 Å². The molecule has 0 aromatic carbocycles. The second-order valence-corrected chi connectivity index (χ2v) is 3.84. The molecule has 1 saturated heterocycles. The van der Waals surface area contributed by atoms with Crippen LogP contribution in [0.15, 0.2) is 36.0 Å². The third-order valence-corrected chi connectivity index (χ3v) is 3.10. The molecule has 62 valence electrons. The molecule has 4 bridgehead atoms. The zero-order valence-electron chi connectivity index (χ0n) is 7.03. The molecular formula is C11H13N. The Hall–Kier alpha value is -0.820. The summed E-state index contributed by atoms with van der Waals surface area (Å²) < 4.78 is 0. The Labute approximate surface area is 72.9 Å². The molecule has 0 spiro atoms. The zero-order chi connectivity index (χ0) is 7.97. The number of hydrogen-bond donors (Lipinski definition) is 1. The molecule has 1 heteroatoms. The van der Waals surface area contributed by atoms with E-state index in [9.17, 15) is 0 Å². The van der Waals surface area contributed by atoms with Gasteiger partial charge in [-0.15, -0.1) is 0 Å². The van der Waals surface area contributed by atoms with Crippen molar-refractivity contribution in [3.05, 3.63) is 36.0 Å². The second kappa shape index (κ2) is 2.33. The molecule has 4 rings (SSSR count). The Kier molecular flexibility index (Phi) is 1.30. The summed E-state index contributed by atoms with van der Waals surface area (Å²) in [5.41, 5.74) is 1.65. The van der Waals surface area contributed by atoms with Crippen LogP contribution in [0.2, 0.25) is 0 Å². The quantitative estimate of drug-likeness (QED) is 0.530. The molecule has 3 aliphatic carbocycles. The summed E-state index contributed by atoms with van der Waals surface area (Å²) in [4.78, 5) is 0. The number of hydrogen-bond acceptors (Lipinski definition) is 1. The average molecular weight is 159 g/mol. The van der Waals surface area contributed by atoms with Crippen molar-refractivity contribution in [1.82, 2.24) is 5.32 Å². The molecule has 1 fully saturated rings. The number of rotatable bonds is 0. The van der Waals surface area contributed by atoms with Crippen LogP contribution in [-0.4, -0.2) is 12.6 Å². The number of nitrogens with one attached hydrogen (secondary N) is 1. The summed E-state index contributed by atoms with van der Waals surface area (Å²) >= 11 is 0. The molecule has 4 aliphatic rings. The maximum absolute atomic E-state index is 3.54. The van der Waals surface area contributed by atoms with Crippen molar-refractivity contribution in [1.29, 1.82) is 0 Å². The van der Waals surface area contributed by atoms with E-state index in [1.54, 1.807) is 5.57 Å². The van der Waals surface area contributed by atoms with E-state index in [1.165, 1.54) is 6.42 Å². The van der Waals surface area contributed by atoms with Gasteiger partial charge in [-0.05, 0) is 13.0 Å². The van der Waals surface area contributed by atoms with Crippen molar-refractivity contribution in [2.45, 2.75) is 12.5 Å². The first-order chi connectivity index (χ1) is 5.93. The number of allylic oxidation sites excluding steroid dienone is 3. The lowest BCUT2D eigenvalue weighted by molar-refractivity contribution is 0.456. The Morgan fingerprint density at radius 2 is 2.08 bits per heavy atom. The average Bonchev–Trinajstić information content (AvgIpc) is 2.36. The highest BCUT2D eigenvalue weighted by molar-refractivity contribution is 5.34. The van der Waals surface area contributed by atoms with Crippen LogP contribution >= 0.6 is 0 Å². The lowest BCUT2D eigenvalue weighted by Crippen LogP contribution is -2.40. The van der Waals surface area contributed by atoms with Gasteiger partial charge in [0.2, 0.25) is 0 Å². The monoisotopic (exact) mass is 159 g/mol. The minimum atomic E-state index is 0.578. The molecule has 3 unspecified atom stereocenters. The Morgan fingerprint density at radius 1 is 1.17 bits per heavy atom. The number of piperidine rings is 1. The molecular weight excluding hydrogens is 146 g/mol. The van der Waals surface area contributed by atoms with Crippen molar-refractivity contribution < 1.29 is 0 Å². The highest BCUT2D eigenvalue weighted by Gasteiger charge is 2.29. The van der Waals surface area contributed by atoms with E-state index in [4.69, 9.17) is 0 Å². The summed E-state index contributed by atoms with van der Waals surface area (Å²) in [7, 11) is 0. The largest absolute Gasteiger partial charge is 0.309 e. The van der Waals surface area contributed by atoms with Crippen LogP contribution in [0, 0.1) is 11.8 Å². The Morgan fingerprint density at radius 3 is 3.08 bits per heavy atom. The maximum Gasteiger partial charge on any atom is 0.0351 e. The van der Waals surface area contributed by atoms with Gasteiger partial charge in [-0.3, -0.25) is 0 Å². The predicted molar refractivity (Wildman–Crippen MR) is 49.8 cm³/mol. The lowest BCUT2D eigenvalue weighted by atomic mass is 9.83. The third-order valence-electron chi connectivity index (χ3n) is 3.10. The van der Waals surface area contributed by atoms with Crippen LogP contribution in [0.3, 0.4) is 0 Å². The van der Waals surface area contributed by atoms with E-state index in [0.29, 0.717) is 17.9 Å². The van der Waals surface area contributed by atoms with Gasteiger partial charge in [-0.2, -0.15) is 0 Å². The molecule has 1 heterocycles. The van der Waals surface area contributed by atoms with E-state index in [1.807, 2.05) is 0 Å². The normalized spacial score (nSPS) is 42.7. The topological polar surface area (TPSA) is 12.0 Å². The third kappa shape index (κ3) is 0.831. The summed E-state index contributed by atoms with van der Waals surface area (Å²) in [5, 5.41) is 3.54. The van der Waals surface area contributed by atoms with Crippen LogP contribution in [0.1, 0.15) is 6.42 Å². The molecule has 3 atom stereocenters. The van der Waals surface area contributed by atoms with E-state index in [2.05, 4.69) is 35.7 Å². The fraction of sp³-hybridized carbons (Fsp3) is 0.455. The molecule has 0 amide bonds. The summed E-state index contributed by atoms with van der Waals surface area (Å²) in [6.45, 7) is 1.15. The van der Waals surface area contributed by atoms with Crippen LogP contribution in [0.5, 0.6) is 0 Å². The minimum absolute atomic E-state index is 0.578. The van der Waals surface area contributed by atoms with Crippen LogP contribution < -0.4 is 5.32 Å². The van der Waals surface area contributed by atoms with Crippen molar-refractivity contribution >= 4 is 0 Å². The van der Waals surface area contributed by atoms with Gasteiger partial charge in [0.25, 0.3) is 0 Å². The standard InChI is InChI=1S/C11H13N/c1-3-10-9-5-6-12-11(10)4-2-8(1)7-9/h1-4,7-8,10-12H,5-6H2. The summed E-state index contributed by atoms with van der Waals surface area (Å²) in [5.74, 6) is 1.25. The lowest BCUT2D eigenvalue weighted by Gasteiger charge is -2.31. The van der Waals surface area contributed by atoms with Crippen molar-refractivity contribution in [2.75, 3.05) is 6.54 Å². The SMILES string of the molecule is C1=CC2NCCC3=CC1C=CC32. The van der Waals surface area contributed by atoms with E-state index in [-0.39, 0.29) is 0 Å². The fourth-order valence-electron chi connectivity index (χ4n) is 2.45. The molecule has 0 aromatic heterocycles. The first kappa shape index (κ1) is 6.67. The highest BCUT2D eigenvalue weighted by Crippen LogP contribution is 2.33. The summed E-state index contributed by atoms with van der Waals surface area (Å²) in [6.07, 6.45) is 13.0. The molecule has 0 aromatic rings.